The van der Waals surface area contributed by atoms with Gasteiger partial charge in [-0.3, -0.25) is 9.05 Å². The Morgan fingerprint density at radius 2 is 1.12 bits per heavy atom. The zero-order valence-electron chi connectivity index (χ0n) is 48.3. The number of nitrogen functional groups attached to an aromatic ring is 1. The van der Waals surface area contributed by atoms with E-state index in [0.29, 0.717) is 18.5 Å². The summed E-state index contributed by atoms with van der Waals surface area (Å²) < 4.78 is 42.3. The molecule has 1 aliphatic rings. The van der Waals surface area contributed by atoms with Crippen LogP contribution in [-0.4, -0.2) is 85.2 Å². The van der Waals surface area contributed by atoms with Crippen LogP contribution >= 0.6 is 7.82 Å². The summed E-state index contributed by atoms with van der Waals surface area (Å²) >= 11 is 0. The highest BCUT2D eigenvalue weighted by atomic mass is 31.2. The second kappa shape index (κ2) is 41.3. The first-order valence-electron chi connectivity index (χ1n) is 30.1. The van der Waals surface area contributed by atoms with Gasteiger partial charge in [-0.05, 0) is 36.1 Å². The summed E-state index contributed by atoms with van der Waals surface area (Å²) in [6, 6.07) is 24.5. The van der Waals surface area contributed by atoms with Gasteiger partial charge in [0.1, 0.15) is 36.2 Å². The summed E-state index contributed by atoms with van der Waals surface area (Å²) in [4.78, 5) is 14.4. The summed E-state index contributed by atoms with van der Waals surface area (Å²) in [5.41, 5.74) is 6.34. The van der Waals surface area contributed by atoms with Gasteiger partial charge in [-0.1, -0.05) is 216 Å². The van der Waals surface area contributed by atoms with Gasteiger partial charge in [0.25, 0.3) is 0 Å². The maximum atomic E-state index is 12.9. The summed E-state index contributed by atoms with van der Waals surface area (Å²) in [6.45, 7) is 4.39. The van der Waals surface area contributed by atoms with Gasteiger partial charge in [-0.2, -0.15) is 10.4 Å². The van der Waals surface area contributed by atoms with Crippen molar-refractivity contribution in [1.29, 1.82) is 5.26 Å². The molecule has 1 aliphatic heterocycles. The highest BCUT2D eigenvalue weighted by Gasteiger charge is 2.58. The fraction of sp³-hybridized carbons (Fsp3) is 0.641. The number of ether oxygens (including phenoxy) is 3. The minimum absolute atomic E-state index is 0.0279. The molecule has 0 amide bonds. The molecule has 15 nitrogen and oxygen atoms in total. The molecule has 80 heavy (non-hydrogen) atoms. The number of aromatic nitrogens is 3. The Bertz CT molecular complexity index is 2450. The monoisotopic (exact) mass is 1130 g/mol. The molecule has 1 unspecified atom stereocenters. The van der Waals surface area contributed by atoms with Gasteiger partial charge in [0, 0.05) is 25.7 Å². The van der Waals surface area contributed by atoms with Gasteiger partial charge >= 0.3 is 7.82 Å². The van der Waals surface area contributed by atoms with E-state index in [0.717, 1.165) is 36.8 Å². The molecule has 1 fully saturated rings. The number of rotatable bonds is 40. The molecule has 6 N–H and O–H groups in total. The number of hydrogen-bond donors (Lipinski definition) is 5. The average Bonchev–Trinajstić information content (AvgIpc) is 4.27. The van der Waals surface area contributed by atoms with Gasteiger partial charge in [-0.25, -0.2) is 14.1 Å². The van der Waals surface area contributed by atoms with Crippen LogP contribution in [0.1, 0.15) is 210 Å². The van der Waals surface area contributed by atoms with Crippen molar-refractivity contribution in [2.75, 3.05) is 25.6 Å². The second-order valence-corrected chi connectivity index (χ2v) is 22.5. The van der Waals surface area contributed by atoms with Crippen molar-refractivity contribution in [2.45, 2.75) is 243 Å². The molecule has 16 heteroatoms. The van der Waals surface area contributed by atoms with Crippen LogP contribution in [0.2, 0.25) is 0 Å². The Hall–Kier alpha value is -4.66. The number of nitrogens with zero attached hydrogens (tertiary/aromatic N) is 4. The SMILES string of the molecule is CCCCCCCCCCCCCCC#CC[C@H](CO)OCc1ccccc1.CCCCCCCCCCCCCCC#CC[C@H](COP(=O)(O)OC[C@H]1O[C@@](C#N)(c2ccc3c(N)ncnn23)[C@H](O)[C@@H]1O)OCc1ccccc1. The van der Waals surface area contributed by atoms with Crippen molar-refractivity contribution in [3.63, 3.8) is 0 Å². The molecule has 7 atom stereocenters. The van der Waals surface area contributed by atoms with E-state index in [4.69, 9.17) is 29.0 Å². The quantitative estimate of drug-likeness (QED) is 0.0159. The highest BCUT2D eigenvalue weighted by Crippen LogP contribution is 2.46. The smallest absolute Gasteiger partial charge is 0.394 e. The number of aliphatic hydroxyl groups excluding tert-OH is 3. The standard InChI is InChI=1S/C38H54N5O8P.C26H42O2/c1-2-3-4-5-6-7-8-9-10-11-12-13-14-15-19-22-31(48-25-30-20-17-16-18-21-30)26-49-52(46,47)50-27-33-35(44)36(45)38(28-39,51-33)34-24-23-32-37(40)41-29-42-43(32)34;1-2-3-4-5-6-7-8-9-10-11-12-13-14-15-19-22-26(23-27)28-24-25-20-17-16-18-21-25/h16-18,20-21,23-24,29,31,33,35-36,44-45H,2-14,22,25-27H2,1H3,(H,46,47)(H2,40,41,42);16-18,20-21,26-27H,2-14,22-24H2,1H3/t31-,33-,35-,36-,38+;26-/m11/s1. The molecule has 5 rings (SSSR count). The van der Waals surface area contributed by atoms with E-state index in [9.17, 15) is 30.0 Å². The van der Waals surface area contributed by atoms with Gasteiger partial charge < -0.3 is 40.2 Å². The Morgan fingerprint density at radius 3 is 1.60 bits per heavy atom. The number of benzene rings is 2. The van der Waals surface area contributed by atoms with E-state index >= 15 is 0 Å². The predicted octanol–water partition coefficient (Wildman–Crippen LogP) is 13.4. The molecule has 2 aromatic heterocycles. The van der Waals surface area contributed by atoms with E-state index in [1.165, 1.54) is 158 Å². The Balaban J connectivity index is 0.000000415. The van der Waals surface area contributed by atoms with Crippen LogP contribution in [-0.2, 0) is 46.6 Å². The lowest BCUT2D eigenvalue weighted by molar-refractivity contribution is -0.0656. The van der Waals surface area contributed by atoms with Crippen molar-refractivity contribution in [1.82, 2.24) is 14.6 Å². The number of anilines is 1. The minimum Gasteiger partial charge on any atom is -0.394 e. The molecule has 0 radical (unpaired) electrons. The Kier molecular flexibility index (Phi) is 35.1. The van der Waals surface area contributed by atoms with E-state index < -0.39 is 44.4 Å². The van der Waals surface area contributed by atoms with Crippen molar-refractivity contribution in [2.24, 2.45) is 0 Å². The van der Waals surface area contributed by atoms with Crippen molar-refractivity contribution in [3.8, 4) is 29.8 Å². The molecular formula is C64H96N5O10P. The maximum Gasteiger partial charge on any atom is 0.472 e. The first kappa shape index (κ1) is 67.8. The summed E-state index contributed by atoms with van der Waals surface area (Å²) in [6.07, 6.45) is 30.1. The summed E-state index contributed by atoms with van der Waals surface area (Å²) in [5, 5.41) is 45.3. The van der Waals surface area contributed by atoms with E-state index in [1.54, 1.807) is 6.07 Å². The zero-order chi connectivity index (χ0) is 57.4. The van der Waals surface area contributed by atoms with Crippen molar-refractivity contribution >= 4 is 19.2 Å². The van der Waals surface area contributed by atoms with Crippen LogP contribution in [0.5, 0.6) is 0 Å². The van der Waals surface area contributed by atoms with Gasteiger partial charge in [0.2, 0.25) is 5.60 Å². The Morgan fingerprint density at radius 1 is 0.662 bits per heavy atom. The summed E-state index contributed by atoms with van der Waals surface area (Å²) in [5.74, 6) is 12.9. The number of nitrogens with two attached hydrogens (primary N) is 1. The third kappa shape index (κ3) is 26.5. The van der Waals surface area contributed by atoms with Crippen LogP contribution in [0, 0.1) is 35.0 Å². The lowest BCUT2D eigenvalue weighted by Crippen LogP contribution is -2.41. The highest BCUT2D eigenvalue weighted by molar-refractivity contribution is 7.47. The summed E-state index contributed by atoms with van der Waals surface area (Å²) in [7, 11) is -4.70. The average molecular weight is 1130 g/mol. The van der Waals surface area contributed by atoms with Crippen LogP contribution in [0.3, 0.4) is 0 Å². The number of fused-ring (bicyclic) bond motifs is 1. The van der Waals surface area contributed by atoms with Crippen LogP contribution in [0.4, 0.5) is 5.82 Å². The Labute approximate surface area is 479 Å². The van der Waals surface area contributed by atoms with Crippen molar-refractivity contribution < 1.29 is 48.0 Å². The fourth-order valence-electron chi connectivity index (χ4n) is 9.51. The predicted molar refractivity (Wildman–Crippen MR) is 317 cm³/mol. The fourth-order valence-corrected chi connectivity index (χ4v) is 10.3. The van der Waals surface area contributed by atoms with Gasteiger partial charge in [0.05, 0.1) is 50.9 Å². The van der Waals surface area contributed by atoms with Crippen LogP contribution in [0.15, 0.2) is 79.1 Å². The van der Waals surface area contributed by atoms with E-state index in [-0.39, 0.29) is 43.9 Å². The zero-order valence-corrected chi connectivity index (χ0v) is 49.2. The lowest BCUT2D eigenvalue weighted by Gasteiger charge is -2.24. The third-order valence-electron chi connectivity index (χ3n) is 14.4. The largest absolute Gasteiger partial charge is 0.472 e. The first-order valence-corrected chi connectivity index (χ1v) is 31.6. The topological polar surface area (TPSA) is 224 Å². The van der Waals surface area contributed by atoms with Crippen LogP contribution < -0.4 is 5.73 Å². The molecule has 3 heterocycles. The lowest BCUT2D eigenvalue weighted by atomic mass is 9.92. The van der Waals surface area contributed by atoms with E-state index in [1.807, 2.05) is 66.7 Å². The molecule has 0 aliphatic carbocycles. The molecular weight excluding hydrogens is 1030 g/mol. The molecule has 0 spiro atoms. The molecule has 4 aromatic rings. The normalized spacial score (nSPS) is 18.2. The number of nitriles is 1. The number of hydrogen-bond acceptors (Lipinski definition) is 13. The molecule has 0 saturated carbocycles. The second-order valence-electron chi connectivity index (χ2n) is 21.1. The number of phosphoric ester groups is 1. The number of phosphoric acid groups is 1. The van der Waals surface area contributed by atoms with Crippen molar-refractivity contribution in [3.05, 3.63) is 95.9 Å². The molecule has 2 aromatic carbocycles. The number of unbranched alkanes of at least 4 members (excludes halogenated alkanes) is 24. The van der Waals surface area contributed by atoms with Crippen LogP contribution in [0.25, 0.3) is 5.52 Å². The van der Waals surface area contributed by atoms with Gasteiger partial charge in [0.15, 0.2) is 5.82 Å². The minimum atomic E-state index is -4.70. The van der Waals surface area contributed by atoms with Gasteiger partial charge in [-0.15, -0.1) is 23.7 Å². The maximum absolute atomic E-state index is 12.9. The third-order valence-corrected chi connectivity index (χ3v) is 15.3. The molecule has 442 valence electrons. The first-order chi connectivity index (χ1) is 39.1. The number of aliphatic hydroxyl groups is 3. The van der Waals surface area contributed by atoms with E-state index in [2.05, 4.69) is 47.6 Å². The molecule has 1 saturated heterocycles. The molecule has 0 bridgehead atoms.